The predicted octanol–water partition coefficient (Wildman–Crippen LogP) is 3.48. The van der Waals surface area contributed by atoms with Gasteiger partial charge < -0.3 is 10.6 Å². The molecule has 2 aromatic carbocycles. The minimum absolute atomic E-state index is 0.0306. The van der Waals surface area contributed by atoms with Gasteiger partial charge in [0.15, 0.2) is 9.84 Å². The molecule has 0 bridgehead atoms. The van der Waals surface area contributed by atoms with Crippen molar-refractivity contribution < 1.29 is 18.0 Å². The zero-order valence-corrected chi connectivity index (χ0v) is 15.8. The van der Waals surface area contributed by atoms with E-state index in [9.17, 15) is 18.0 Å². The van der Waals surface area contributed by atoms with E-state index in [0.717, 1.165) is 5.41 Å². The Morgan fingerprint density at radius 2 is 1.74 bits per heavy atom. The Morgan fingerprint density at radius 3 is 2.41 bits per heavy atom. The van der Waals surface area contributed by atoms with E-state index in [1.54, 1.807) is 48.5 Å². The summed E-state index contributed by atoms with van der Waals surface area (Å²) in [7, 11) is -3.21. The highest BCUT2D eigenvalue weighted by Gasteiger charge is 2.24. The summed E-state index contributed by atoms with van der Waals surface area (Å²) in [5, 5.41) is 7.13. The second-order valence-corrected chi connectivity index (χ2v) is 8.54. The van der Waals surface area contributed by atoms with Crippen LogP contribution in [0.5, 0.6) is 0 Å². The monoisotopic (exact) mass is 404 g/mol. The van der Waals surface area contributed by atoms with Crippen molar-refractivity contribution in [2.24, 2.45) is 5.92 Å². The first-order valence-electron chi connectivity index (χ1n) is 8.19. The largest absolute Gasteiger partial charge is 0.325 e. The van der Waals surface area contributed by atoms with Crippen LogP contribution in [0.2, 0.25) is 5.02 Å². The van der Waals surface area contributed by atoms with Crippen LogP contribution in [0.4, 0.5) is 11.4 Å². The number of hydrogen-bond acceptors (Lipinski definition) is 4. The topological polar surface area (TPSA) is 92.3 Å². The first-order chi connectivity index (χ1) is 12.8. The third-order valence-electron chi connectivity index (χ3n) is 4.00. The highest BCUT2D eigenvalue weighted by Crippen LogP contribution is 2.22. The number of hydrogen-bond donors (Lipinski definition) is 2. The van der Waals surface area contributed by atoms with E-state index in [2.05, 4.69) is 10.6 Å². The Kier molecular flexibility index (Phi) is 5.62. The summed E-state index contributed by atoms with van der Waals surface area (Å²) in [4.78, 5) is 24.8. The molecule has 8 heteroatoms. The molecule has 0 radical (unpaired) electrons. The second kappa shape index (κ2) is 7.94. The average molecular weight is 405 g/mol. The lowest BCUT2D eigenvalue weighted by Gasteiger charge is -2.12. The van der Waals surface area contributed by atoms with Gasteiger partial charge in [-0.25, -0.2) is 8.42 Å². The van der Waals surface area contributed by atoms with Gasteiger partial charge in [0.2, 0.25) is 5.91 Å². The quantitative estimate of drug-likeness (QED) is 0.797. The van der Waals surface area contributed by atoms with Gasteiger partial charge in [-0.05, 0) is 36.4 Å². The lowest BCUT2D eigenvalue weighted by Crippen LogP contribution is -2.20. The van der Waals surface area contributed by atoms with Gasteiger partial charge in [0.1, 0.15) is 0 Å². The van der Waals surface area contributed by atoms with E-state index in [0.29, 0.717) is 22.0 Å². The molecule has 1 aliphatic rings. The minimum Gasteiger partial charge on any atom is -0.325 e. The molecule has 0 spiro atoms. The summed E-state index contributed by atoms with van der Waals surface area (Å²) in [5.41, 5.74) is 1.24. The normalized spacial score (nSPS) is 17.4. The molecule has 2 amide bonds. The van der Waals surface area contributed by atoms with Gasteiger partial charge in [0.05, 0.1) is 17.0 Å². The Labute approximate surface area is 162 Å². The molecule has 1 aliphatic heterocycles. The molecular weight excluding hydrogens is 388 g/mol. The summed E-state index contributed by atoms with van der Waals surface area (Å²) in [6.07, 6.45) is 1.55. The third kappa shape index (κ3) is 5.18. The van der Waals surface area contributed by atoms with Gasteiger partial charge in [-0.3, -0.25) is 9.59 Å². The molecular formula is C19H17ClN2O4S. The summed E-state index contributed by atoms with van der Waals surface area (Å²) in [6, 6.07) is 13.3. The van der Waals surface area contributed by atoms with Gasteiger partial charge in [0, 0.05) is 28.5 Å². The zero-order chi connectivity index (χ0) is 19.4. The Balaban J connectivity index is 1.68. The molecule has 0 aliphatic carbocycles. The first kappa shape index (κ1) is 19.1. The van der Waals surface area contributed by atoms with E-state index in [-0.39, 0.29) is 29.9 Å². The van der Waals surface area contributed by atoms with Crippen molar-refractivity contribution in [2.75, 3.05) is 16.4 Å². The number of rotatable bonds is 5. The molecule has 2 N–H and O–H groups in total. The molecule has 0 fully saturated rings. The van der Waals surface area contributed by atoms with Crippen molar-refractivity contribution in [3.63, 3.8) is 0 Å². The zero-order valence-electron chi connectivity index (χ0n) is 14.2. The molecule has 27 heavy (non-hydrogen) atoms. The van der Waals surface area contributed by atoms with Crippen molar-refractivity contribution in [3.05, 3.63) is 70.6 Å². The summed E-state index contributed by atoms with van der Waals surface area (Å²) in [6.45, 7) is 0. The maximum atomic E-state index is 12.5. The average Bonchev–Trinajstić information content (AvgIpc) is 2.95. The molecule has 1 heterocycles. The number of carbonyl (C=O) groups excluding carboxylic acids is 2. The van der Waals surface area contributed by atoms with Crippen LogP contribution in [0.15, 0.2) is 60.0 Å². The number of carbonyl (C=O) groups is 2. The number of nitrogens with one attached hydrogen (secondary N) is 2. The number of halogens is 1. The van der Waals surface area contributed by atoms with E-state index in [1.165, 1.54) is 6.08 Å². The Hall–Kier alpha value is -2.64. The fourth-order valence-electron chi connectivity index (χ4n) is 2.73. The van der Waals surface area contributed by atoms with Crippen LogP contribution >= 0.6 is 11.6 Å². The fourth-order valence-corrected chi connectivity index (χ4v) is 4.25. The molecule has 0 saturated heterocycles. The maximum absolute atomic E-state index is 12.5. The maximum Gasteiger partial charge on any atom is 0.257 e. The van der Waals surface area contributed by atoms with Crippen LogP contribution in [0.1, 0.15) is 16.8 Å². The standard InChI is InChI=1S/C19H17ClN2O4S/c20-14-5-7-15(8-6-14)21-19(24)16-3-1-2-4-17(16)22-18(23)11-13-9-10-27(25,26)12-13/h1-10,13H,11-12H2,(H,21,24)(H,22,23). The molecule has 1 atom stereocenters. The molecule has 0 aromatic heterocycles. The van der Waals surface area contributed by atoms with Gasteiger partial charge in [-0.1, -0.05) is 29.8 Å². The Bertz CT molecular complexity index is 1000. The first-order valence-corrected chi connectivity index (χ1v) is 10.3. The van der Waals surface area contributed by atoms with Crippen LogP contribution in [0, 0.1) is 5.92 Å². The fraction of sp³-hybridized carbons (Fsp3) is 0.158. The van der Waals surface area contributed by atoms with Crippen LogP contribution in [-0.2, 0) is 14.6 Å². The molecule has 2 aromatic rings. The van der Waals surface area contributed by atoms with Gasteiger partial charge in [-0.2, -0.15) is 0 Å². The summed E-state index contributed by atoms with van der Waals surface area (Å²) >= 11 is 5.83. The number of benzene rings is 2. The third-order valence-corrected chi connectivity index (χ3v) is 5.72. The van der Waals surface area contributed by atoms with Crippen LogP contribution in [0.25, 0.3) is 0 Å². The Morgan fingerprint density at radius 1 is 1.04 bits per heavy atom. The van der Waals surface area contributed by atoms with Crippen LogP contribution < -0.4 is 10.6 Å². The van der Waals surface area contributed by atoms with Crippen LogP contribution in [0.3, 0.4) is 0 Å². The number of para-hydroxylation sites is 1. The van der Waals surface area contributed by atoms with Gasteiger partial charge in [-0.15, -0.1) is 0 Å². The van der Waals surface area contributed by atoms with E-state index >= 15 is 0 Å². The van der Waals surface area contributed by atoms with E-state index < -0.39 is 9.84 Å². The summed E-state index contributed by atoms with van der Waals surface area (Å²) < 4.78 is 22.9. The highest BCUT2D eigenvalue weighted by atomic mass is 35.5. The van der Waals surface area contributed by atoms with Crippen LogP contribution in [-0.4, -0.2) is 26.0 Å². The smallest absolute Gasteiger partial charge is 0.257 e. The van der Waals surface area contributed by atoms with Crippen molar-refractivity contribution in [2.45, 2.75) is 6.42 Å². The van der Waals surface area contributed by atoms with Crippen molar-refractivity contribution in [3.8, 4) is 0 Å². The number of allylic oxidation sites excluding steroid dienone is 1. The summed E-state index contributed by atoms with van der Waals surface area (Å²) in [5.74, 6) is -1.16. The number of amides is 2. The SMILES string of the molecule is O=C(CC1C=CS(=O)(=O)C1)Nc1ccccc1C(=O)Nc1ccc(Cl)cc1. The van der Waals surface area contributed by atoms with Crippen molar-refractivity contribution in [1.29, 1.82) is 0 Å². The van der Waals surface area contributed by atoms with E-state index in [1.807, 2.05) is 0 Å². The molecule has 140 valence electrons. The van der Waals surface area contributed by atoms with E-state index in [4.69, 9.17) is 11.6 Å². The number of anilines is 2. The van der Waals surface area contributed by atoms with Crippen molar-refractivity contribution >= 4 is 44.6 Å². The molecule has 0 saturated carbocycles. The second-order valence-electron chi connectivity index (χ2n) is 6.18. The highest BCUT2D eigenvalue weighted by molar-refractivity contribution is 7.94. The molecule has 6 nitrogen and oxygen atoms in total. The minimum atomic E-state index is -3.21. The molecule has 1 unspecified atom stereocenters. The number of sulfone groups is 1. The van der Waals surface area contributed by atoms with Gasteiger partial charge in [0.25, 0.3) is 5.91 Å². The lowest BCUT2D eigenvalue weighted by atomic mass is 10.1. The van der Waals surface area contributed by atoms with Gasteiger partial charge >= 0.3 is 0 Å². The van der Waals surface area contributed by atoms with Crippen molar-refractivity contribution in [1.82, 2.24) is 0 Å². The molecule has 3 rings (SSSR count). The lowest BCUT2D eigenvalue weighted by molar-refractivity contribution is -0.116. The predicted molar refractivity (Wildman–Crippen MR) is 106 cm³/mol.